The van der Waals surface area contributed by atoms with Crippen molar-refractivity contribution in [1.29, 1.82) is 0 Å². The van der Waals surface area contributed by atoms with E-state index in [2.05, 4.69) is 9.97 Å². The molecule has 0 unspecified atom stereocenters. The molecule has 1 aromatic carbocycles. The van der Waals surface area contributed by atoms with Gasteiger partial charge in [0.05, 0.1) is 5.75 Å². The lowest BCUT2D eigenvalue weighted by Crippen LogP contribution is -2.02. The minimum atomic E-state index is -0.208. The first-order valence-corrected chi connectivity index (χ1v) is 8.58. The largest absolute Gasteiger partial charge is 0.346 e. The molecule has 0 amide bonds. The third-order valence-corrected chi connectivity index (χ3v) is 4.99. The highest BCUT2D eigenvalue weighted by atomic mass is 32.2. The van der Waals surface area contributed by atoms with E-state index in [1.807, 2.05) is 12.1 Å². The van der Waals surface area contributed by atoms with Crippen LogP contribution in [0.4, 0.5) is 4.39 Å². The van der Waals surface area contributed by atoms with Crippen molar-refractivity contribution in [3.63, 3.8) is 0 Å². The van der Waals surface area contributed by atoms with Gasteiger partial charge in [0.1, 0.15) is 16.3 Å². The molecule has 0 saturated heterocycles. The molecule has 1 aliphatic carbocycles. The first-order valence-electron chi connectivity index (χ1n) is 7.19. The molecule has 1 heterocycles. The van der Waals surface area contributed by atoms with Crippen LogP contribution >= 0.6 is 24.0 Å². The normalized spacial score (nSPS) is 15.5. The predicted molar refractivity (Wildman–Crippen MR) is 86.6 cm³/mol. The van der Waals surface area contributed by atoms with E-state index in [4.69, 9.17) is 12.2 Å². The van der Waals surface area contributed by atoms with E-state index in [-0.39, 0.29) is 5.82 Å². The van der Waals surface area contributed by atoms with E-state index in [1.165, 1.54) is 37.4 Å². The molecular weight excluding hydrogens is 303 g/mol. The number of nitrogens with zero attached hydrogens (tertiary/aromatic N) is 1. The van der Waals surface area contributed by atoms with Crippen LogP contribution in [-0.4, -0.2) is 9.97 Å². The molecule has 1 N–H and O–H groups in total. The van der Waals surface area contributed by atoms with Crippen molar-refractivity contribution in [2.45, 2.75) is 42.2 Å². The number of hydrogen-bond acceptors (Lipinski definition) is 3. The molecule has 0 radical (unpaired) electrons. The zero-order valence-electron chi connectivity index (χ0n) is 11.6. The summed E-state index contributed by atoms with van der Waals surface area (Å²) in [6.07, 6.45) is 5.04. The fourth-order valence-corrected chi connectivity index (χ4v) is 3.81. The van der Waals surface area contributed by atoms with E-state index in [0.29, 0.717) is 16.3 Å². The number of thioether (sulfide) groups is 1. The second-order valence-corrected chi connectivity index (χ2v) is 6.82. The molecule has 0 spiro atoms. The standard InChI is InChI=1S/C16H17FN2S2/c17-12-6-3-7-13(8-12)21-10-15-18-14(9-16(20)19-15)11-4-1-2-5-11/h3,6-9,11H,1-2,4-5,10H2,(H,18,19,20). The summed E-state index contributed by atoms with van der Waals surface area (Å²) < 4.78 is 13.8. The SMILES string of the molecule is Fc1cccc(SCc2nc(=S)cc(C3CCCC3)[nH]2)c1. The Morgan fingerprint density at radius 3 is 2.86 bits per heavy atom. The molecule has 0 atom stereocenters. The number of aromatic nitrogens is 2. The second-order valence-electron chi connectivity index (χ2n) is 5.35. The lowest BCUT2D eigenvalue weighted by molar-refractivity contribution is 0.624. The number of hydrogen-bond donors (Lipinski definition) is 1. The highest BCUT2D eigenvalue weighted by Crippen LogP contribution is 2.33. The molecule has 0 bridgehead atoms. The molecule has 0 aliphatic heterocycles. The molecule has 3 rings (SSSR count). The number of nitrogens with one attached hydrogen (secondary N) is 1. The Morgan fingerprint density at radius 2 is 2.10 bits per heavy atom. The summed E-state index contributed by atoms with van der Waals surface area (Å²) in [4.78, 5) is 8.71. The van der Waals surface area contributed by atoms with Gasteiger partial charge in [-0.25, -0.2) is 9.37 Å². The number of rotatable bonds is 4. The number of aromatic amines is 1. The van der Waals surface area contributed by atoms with E-state index < -0.39 is 0 Å². The Morgan fingerprint density at radius 1 is 1.29 bits per heavy atom. The van der Waals surface area contributed by atoms with Gasteiger partial charge >= 0.3 is 0 Å². The third kappa shape index (κ3) is 3.92. The average Bonchev–Trinajstić information content (AvgIpc) is 2.99. The van der Waals surface area contributed by atoms with Crippen LogP contribution in [0.15, 0.2) is 35.2 Å². The number of H-pyrrole nitrogens is 1. The van der Waals surface area contributed by atoms with Crippen molar-refractivity contribution in [1.82, 2.24) is 9.97 Å². The first kappa shape index (κ1) is 14.7. The molecular formula is C16H17FN2S2. The Balaban J connectivity index is 1.74. The fraction of sp³-hybridized carbons (Fsp3) is 0.375. The van der Waals surface area contributed by atoms with E-state index >= 15 is 0 Å². The molecule has 110 valence electrons. The molecule has 1 fully saturated rings. The van der Waals surface area contributed by atoms with Gasteiger partial charge in [0.25, 0.3) is 0 Å². The van der Waals surface area contributed by atoms with Crippen LogP contribution < -0.4 is 0 Å². The summed E-state index contributed by atoms with van der Waals surface area (Å²) >= 11 is 6.84. The number of benzene rings is 1. The Hall–Kier alpha value is -1.20. The van der Waals surface area contributed by atoms with Gasteiger partial charge in [-0.05, 0) is 43.0 Å². The van der Waals surface area contributed by atoms with Crippen LogP contribution in [0.1, 0.15) is 43.1 Å². The van der Waals surface area contributed by atoms with Crippen molar-refractivity contribution < 1.29 is 4.39 Å². The van der Waals surface area contributed by atoms with Crippen molar-refractivity contribution in [3.05, 3.63) is 52.3 Å². The Labute approximate surface area is 133 Å². The minimum Gasteiger partial charge on any atom is -0.346 e. The van der Waals surface area contributed by atoms with Gasteiger partial charge in [0, 0.05) is 10.6 Å². The van der Waals surface area contributed by atoms with E-state index in [0.717, 1.165) is 10.7 Å². The second kappa shape index (κ2) is 6.71. The van der Waals surface area contributed by atoms with Crippen LogP contribution in [0.3, 0.4) is 0 Å². The fourth-order valence-electron chi connectivity index (χ4n) is 2.76. The molecule has 1 aromatic heterocycles. The topological polar surface area (TPSA) is 28.7 Å². The summed E-state index contributed by atoms with van der Waals surface area (Å²) in [5, 5.41) is 0. The summed E-state index contributed by atoms with van der Waals surface area (Å²) in [7, 11) is 0. The maximum atomic E-state index is 13.2. The summed E-state index contributed by atoms with van der Waals surface area (Å²) in [6, 6.07) is 8.61. The Bertz CT molecular complexity index is 678. The van der Waals surface area contributed by atoms with Crippen molar-refractivity contribution in [2.75, 3.05) is 0 Å². The minimum absolute atomic E-state index is 0.208. The maximum Gasteiger partial charge on any atom is 0.130 e. The van der Waals surface area contributed by atoms with Gasteiger partial charge in [0.2, 0.25) is 0 Å². The van der Waals surface area contributed by atoms with Crippen molar-refractivity contribution in [3.8, 4) is 0 Å². The molecule has 2 aromatic rings. The van der Waals surface area contributed by atoms with Crippen LogP contribution in [0, 0.1) is 10.5 Å². The quantitative estimate of drug-likeness (QED) is 0.618. The lowest BCUT2D eigenvalue weighted by atomic mass is 10.0. The summed E-state index contributed by atoms with van der Waals surface area (Å²) in [5.74, 6) is 1.93. The maximum absolute atomic E-state index is 13.2. The molecule has 2 nitrogen and oxygen atoms in total. The molecule has 21 heavy (non-hydrogen) atoms. The van der Waals surface area contributed by atoms with E-state index in [9.17, 15) is 4.39 Å². The molecule has 1 aliphatic rings. The summed E-state index contributed by atoms with van der Waals surface area (Å²) in [6.45, 7) is 0. The van der Waals surface area contributed by atoms with Crippen LogP contribution in [0.2, 0.25) is 0 Å². The zero-order chi connectivity index (χ0) is 14.7. The summed E-state index contributed by atoms with van der Waals surface area (Å²) in [5.41, 5.74) is 1.21. The number of halogens is 1. The highest BCUT2D eigenvalue weighted by Gasteiger charge is 2.18. The van der Waals surface area contributed by atoms with E-state index in [1.54, 1.807) is 23.9 Å². The third-order valence-electron chi connectivity index (χ3n) is 3.78. The van der Waals surface area contributed by atoms with Crippen molar-refractivity contribution >= 4 is 24.0 Å². The zero-order valence-corrected chi connectivity index (χ0v) is 13.3. The van der Waals surface area contributed by atoms with Crippen LogP contribution in [0.25, 0.3) is 0 Å². The molecule has 5 heteroatoms. The van der Waals surface area contributed by atoms with Gasteiger partial charge in [0.15, 0.2) is 0 Å². The van der Waals surface area contributed by atoms with Crippen LogP contribution in [-0.2, 0) is 5.75 Å². The van der Waals surface area contributed by atoms with Crippen molar-refractivity contribution in [2.24, 2.45) is 0 Å². The Kier molecular flexibility index (Phi) is 4.70. The highest BCUT2D eigenvalue weighted by molar-refractivity contribution is 7.98. The predicted octanol–water partition coefficient (Wildman–Crippen LogP) is 5.23. The smallest absolute Gasteiger partial charge is 0.130 e. The average molecular weight is 320 g/mol. The van der Waals surface area contributed by atoms with Gasteiger partial charge in [-0.1, -0.05) is 31.1 Å². The monoisotopic (exact) mass is 320 g/mol. The van der Waals surface area contributed by atoms with Gasteiger partial charge in [-0.2, -0.15) is 0 Å². The van der Waals surface area contributed by atoms with Gasteiger partial charge in [-0.3, -0.25) is 0 Å². The van der Waals surface area contributed by atoms with Gasteiger partial charge < -0.3 is 4.98 Å². The molecule has 1 saturated carbocycles. The van der Waals surface area contributed by atoms with Crippen LogP contribution in [0.5, 0.6) is 0 Å². The lowest BCUT2D eigenvalue weighted by Gasteiger charge is -2.11. The van der Waals surface area contributed by atoms with Gasteiger partial charge in [-0.15, -0.1) is 11.8 Å². The first-order chi connectivity index (χ1) is 10.2.